The van der Waals surface area contributed by atoms with Gasteiger partial charge in [-0.1, -0.05) is 135 Å². The van der Waals surface area contributed by atoms with Crippen LogP contribution in [0.25, 0.3) is 0 Å². The van der Waals surface area contributed by atoms with Crippen LogP contribution < -0.4 is 10.2 Å². The molecule has 4 nitrogen and oxygen atoms in total. The van der Waals surface area contributed by atoms with Crippen molar-refractivity contribution in [3.05, 3.63) is 81.9 Å². The average Bonchev–Trinajstić information content (AvgIpc) is 3.16. The van der Waals surface area contributed by atoms with Crippen LogP contribution in [0.2, 0.25) is 0 Å². The van der Waals surface area contributed by atoms with Gasteiger partial charge < -0.3 is 10.2 Å². The minimum atomic E-state index is -0.282. The molecule has 0 aliphatic carbocycles. The first-order chi connectivity index (χ1) is 25.3. The van der Waals surface area contributed by atoms with Gasteiger partial charge in [-0.25, -0.2) is 0 Å². The second kappa shape index (κ2) is 29.5. The van der Waals surface area contributed by atoms with Gasteiger partial charge in [0.05, 0.1) is 17.1 Å². The third kappa shape index (κ3) is 18.3. The Labute approximate surface area is 335 Å². The van der Waals surface area contributed by atoms with Crippen molar-refractivity contribution in [2.75, 3.05) is 0 Å². The fraction of sp³-hybridized carbons (Fsp3) is 0.583. The van der Waals surface area contributed by atoms with Crippen molar-refractivity contribution < 1.29 is 26.7 Å². The summed E-state index contributed by atoms with van der Waals surface area (Å²) in [7, 11) is 0. The van der Waals surface area contributed by atoms with E-state index in [1.807, 2.05) is 25.3 Å². The molecule has 0 atom stereocenters. The summed E-state index contributed by atoms with van der Waals surface area (Å²) in [5.41, 5.74) is 10.6. The van der Waals surface area contributed by atoms with Gasteiger partial charge in [0.1, 0.15) is 0 Å². The van der Waals surface area contributed by atoms with Crippen LogP contribution in [0.4, 0.5) is 11.4 Å². The van der Waals surface area contributed by atoms with Gasteiger partial charge in [-0.3, -0.25) is 9.98 Å². The maximum Gasteiger partial charge on any atom is 2.00 e. The maximum absolute atomic E-state index is 11.7. The molecule has 0 bridgehead atoms. The SMILES string of the molecule is CCCCC(C=Nc1ccc(CCCC)c(CCCC)c1)=Nc1ccc(CCCC)c(CCCC)c1.CCCCCc1ccc(CCC)c([O-])c1[O-].[Ni+2]. The van der Waals surface area contributed by atoms with E-state index in [1.165, 1.54) is 86.5 Å². The van der Waals surface area contributed by atoms with Crippen LogP contribution in [0.1, 0.15) is 178 Å². The second-order valence-electron chi connectivity index (χ2n) is 14.5. The van der Waals surface area contributed by atoms with Gasteiger partial charge in [-0.05, 0) is 130 Å². The number of aliphatic imine (C=N–C) groups is 2. The predicted molar refractivity (Wildman–Crippen MR) is 225 cm³/mol. The largest absolute Gasteiger partial charge is 2.00 e. The van der Waals surface area contributed by atoms with Crippen molar-refractivity contribution in [3.63, 3.8) is 0 Å². The molecule has 5 heteroatoms. The van der Waals surface area contributed by atoms with Crippen molar-refractivity contribution in [2.45, 2.75) is 183 Å². The molecule has 296 valence electrons. The Hall–Kier alpha value is -2.91. The first-order valence-corrected chi connectivity index (χ1v) is 21.2. The Morgan fingerprint density at radius 1 is 0.453 bits per heavy atom. The first-order valence-electron chi connectivity index (χ1n) is 21.2. The van der Waals surface area contributed by atoms with E-state index in [0.29, 0.717) is 17.5 Å². The third-order valence-corrected chi connectivity index (χ3v) is 9.84. The normalized spacial score (nSPS) is 11.4. The smallest absolute Gasteiger partial charge is 0.873 e. The zero-order chi connectivity index (χ0) is 38.0. The molecule has 0 aliphatic rings. The topological polar surface area (TPSA) is 70.8 Å². The predicted octanol–water partition coefficient (Wildman–Crippen LogP) is 13.2. The molecule has 0 heterocycles. The summed E-state index contributed by atoms with van der Waals surface area (Å²) in [6.45, 7) is 15.5. The van der Waals surface area contributed by atoms with Gasteiger partial charge in [0.2, 0.25) is 0 Å². The Balaban J connectivity index is 0.000000691. The van der Waals surface area contributed by atoms with Crippen LogP contribution in [0.5, 0.6) is 11.5 Å². The van der Waals surface area contributed by atoms with Crippen molar-refractivity contribution >= 4 is 23.3 Å². The van der Waals surface area contributed by atoms with E-state index in [9.17, 15) is 10.2 Å². The van der Waals surface area contributed by atoms with Crippen LogP contribution in [-0.2, 0) is 55.0 Å². The molecule has 0 amide bonds. The van der Waals surface area contributed by atoms with Crippen LogP contribution in [0, 0.1) is 0 Å². The standard InChI is InChI=1S/C34H52N2.C14H22O2.Ni/c1-6-11-16-28-21-23-32(25-30(28)18-13-8-3)35-27-34(20-15-10-5)36-33-24-22-29(17-12-7-2)31(26-33)19-14-9-4;1-3-5-6-8-12-10-9-11(7-4-2)13(15)14(12)16;/h21-27H,6-20H2,1-5H3;9-10,15-16H,3-8H2,1-2H3;/q;;+2/p-2. The van der Waals surface area contributed by atoms with Gasteiger partial charge in [-0.15, -0.1) is 11.5 Å². The molecule has 3 rings (SSSR count). The zero-order valence-corrected chi connectivity index (χ0v) is 35.6. The monoisotopic (exact) mass is 766 g/mol. The Morgan fingerprint density at radius 2 is 0.868 bits per heavy atom. The molecule has 0 unspecified atom stereocenters. The summed E-state index contributed by atoms with van der Waals surface area (Å²) < 4.78 is 0. The Morgan fingerprint density at radius 3 is 1.36 bits per heavy atom. The minimum absolute atomic E-state index is 0. The van der Waals surface area contributed by atoms with Gasteiger partial charge in [-0.2, -0.15) is 0 Å². The molecule has 53 heavy (non-hydrogen) atoms. The average molecular weight is 768 g/mol. The molecule has 0 aromatic heterocycles. The van der Waals surface area contributed by atoms with Crippen LogP contribution in [0.3, 0.4) is 0 Å². The van der Waals surface area contributed by atoms with Crippen molar-refractivity contribution in [3.8, 4) is 11.5 Å². The Bertz CT molecular complexity index is 1480. The number of hydrogen-bond acceptors (Lipinski definition) is 4. The summed E-state index contributed by atoms with van der Waals surface area (Å²) in [6.07, 6.45) is 25.5. The molecule has 0 N–H and O–H groups in total. The summed E-state index contributed by atoms with van der Waals surface area (Å²) in [5, 5.41) is 23.4. The number of aryl methyl sites for hydroxylation is 6. The van der Waals surface area contributed by atoms with E-state index >= 15 is 0 Å². The molecule has 0 saturated heterocycles. The fourth-order valence-corrected chi connectivity index (χ4v) is 6.49. The molecule has 3 aromatic carbocycles. The third-order valence-electron chi connectivity index (χ3n) is 9.84. The van der Waals surface area contributed by atoms with Crippen molar-refractivity contribution in [1.82, 2.24) is 0 Å². The molecule has 0 spiro atoms. The number of rotatable bonds is 24. The van der Waals surface area contributed by atoms with Gasteiger partial charge in [0, 0.05) is 6.21 Å². The van der Waals surface area contributed by atoms with E-state index in [1.54, 1.807) is 0 Å². The molecular weight excluding hydrogens is 695 g/mol. The van der Waals surface area contributed by atoms with E-state index in [0.717, 1.165) is 81.3 Å². The summed E-state index contributed by atoms with van der Waals surface area (Å²) in [6, 6.07) is 17.4. The van der Waals surface area contributed by atoms with Gasteiger partial charge in [0.25, 0.3) is 0 Å². The molecular formula is C48H72N2NiO2. The van der Waals surface area contributed by atoms with Crippen LogP contribution >= 0.6 is 0 Å². The molecule has 0 radical (unpaired) electrons. The maximum atomic E-state index is 11.7. The van der Waals surface area contributed by atoms with Gasteiger partial charge in [0.15, 0.2) is 0 Å². The van der Waals surface area contributed by atoms with E-state index in [2.05, 4.69) is 77.9 Å². The zero-order valence-electron chi connectivity index (χ0n) is 34.6. The van der Waals surface area contributed by atoms with Crippen molar-refractivity contribution in [2.24, 2.45) is 9.98 Å². The fourth-order valence-electron chi connectivity index (χ4n) is 6.49. The van der Waals surface area contributed by atoms with Crippen LogP contribution in [-0.4, -0.2) is 11.9 Å². The molecule has 3 aromatic rings. The molecule has 0 fully saturated rings. The van der Waals surface area contributed by atoms with Gasteiger partial charge >= 0.3 is 16.5 Å². The van der Waals surface area contributed by atoms with E-state index in [4.69, 9.17) is 9.98 Å². The molecule has 0 aliphatic heterocycles. The minimum Gasteiger partial charge on any atom is -0.873 e. The Kier molecular flexibility index (Phi) is 26.7. The summed E-state index contributed by atoms with van der Waals surface area (Å²) in [5.74, 6) is -0.557. The molecule has 0 saturated carbocycles. The number of nitrogens with zero attached hydrogens (tertiary/aromatic N) is 2. The quantitative estimate of drug-likeness (QED) is 0.0517. The number of benzene rings is 3. The first kappa shape index (κ1) is 48.1. The number of unbranched alkanes of at least 4 members (excludes halogenated alkanes) is 7. The summed E-state index contributed by atoms with van der Waals surface area (Å²) in [4.78, 5) is 10.0. The van der Waals surface area contributed by atoms with E-state index < -0.39 is 0 Å². The van der Waals surface area contributed by atoms with Crippen molar-refractivity contribution in [1.29, 1.82) is 0 Å². The summed E-state index contributed by atoms with van der Waals surface area (Å²) >= 11 is 0. The second-order valence-corrected chi connectivity index (χ2v) is 14.5. The number of hydrogen-bond donors (Lipinski definition) is 0. The van der Waals surface area contributed by atoms with E-state index in [-0.39, 0.29) is 28.0 Å². The van der Waals surface area contributed by atoms with Crippen LogP contribution in [0.15, 0.2) is 58.5 Å².